The van der Waals surface area contributed by atoms with Crippen molar-refractivity contribution in [3.8, 4) is 0 Å². The molecule has 3 nitrogen and oxygen atoms in total. The standard InChI is InChI=1S/C13H17N3/c1-10(12-6-4-3-5-7-12)8-14-13-15-9-11(2)16-13/h3-7,9-10H,8H2,1-2H3,(H2,14,15,16). The third kappa shape index (κ3) is 2.63. The van der Waals surface area contributed by atoms with Gasteiger partial charge in [-0.3, -0.25) is 0 Å². The van der Waals surface area contributed by atoms with Gasteiger partial charge in [-0.1, -0.05) is 37.3 Å². The molecule has 1 unspecified atom stereocenters. The summed E-state index contributed by atoms with van der Waals surface area (Å²) in [6, 6.07) is 10.5. The van der Waals surface area contributed by atoms with Gasteiger partial charge in [-0.05, 0) is 18.4 Å². The first-order valence-corrected chi connectivity index (χ1v) is 5.56. The first-order chi connectivity index (χ1) is 7.75. The van der Waals surface area contributed by atoms with Crippen LogP contribution >= 0.6 is 0 Å². The van der Waals surface area contributed by atoms with Gasteiger partial charge in [0, 0.05) is 18.4 Å². The molecule has 2 aromatic rings. The van der Waals surface area contributed by atoms with E-state index < -0.39 is 0 Å². The molecule has 0 saturated carbocycles. The number of benzene rings is 1. The van der Waals surface area contributed by atoms with Crippen LogP contribution in [0.15, 0.2) is 36.5 Å². The maximum Gasteiger partial charge on any atom is 0.200 e. The molecule has 2 N–H and O–H groups in total. The quantitative estimate of drug-likeness (QED) is 0.823. The zero-order valence-electron chi connectivity index (χ0n) is 9.70. The number of aryl methyl sites for hydroxylation is 1. The van der Waals surface area contributed by atoms with Crippen LogP contribution in [0.3, 0.4) is 0 Å². The number of nitrogens with zero attached hydrogens (tertiary/aromatic N) is 1. The molecule has 1 atom stereocenters. The molecule has 1 heterocycles. The van der Waals surface area contributed by atoms with E-state index in [0.29, 0.717) is 5.92 Å². The number of aromatic amines is 1. The minimum Gasteiger partial charge on any atom is -0.355 e. The van der Waals surface area contributed by atoms with Crippen molar-refractivity contribution >= 4 is 5.95 Å². The molecule has 0 saturated heterocycles. The Morgan fingerprint density at radius 3 is 2.69 bits per heavy atom. The molecule has 0 radical (unpaired) electrons. The third-order valence-electron chi connectivity index (χ3n) is 2.65. The number of aromatic nitrogens is 2. The summed E-state index contributed by atoms with van der Waals surface area (Å²) >= 11 is 0. The van der Waals surface area contributed by atoms with Gasteiger partial charge in [0.1, 0.15) is 0 Å². The van der Waals surface area contributed by atoms with Crippen molar-refractivity contribution in [3.05, 3.63) is 47.8 Å². The number of hydrogen-bond acceptors (Lipinski definition) is 2. The molecule has 0 amide bonds. The molecule has 1 aromatic heterocycles. The first-order valence-electron chi connectivity index (χ1n) is 5.56. The maximum absolute atomic E-state index is 4.21. The predicted octanol–water partition coefficient (Wildman–Crippen LogP) is 2.93. The van der Waals surface area contributed by atoms with Gasteiger partial charge in [-0.2, -0.15) is 0 Å². The zero-order valence-corrected chi connectivity index (χ0v) is 9.70. The van der Waals surface area contributed by atoms with E-state index in [-0.39, 0.29) is 0 Å². The van der Waals surface area contributed by atoms with Gasteiger partial charge >= 0.3 is 0 Å². The van der Waals surface area contributed by atoms with E-state index >= 15 is 0 Å². The van der Waals surface area contributed by atoms with Crippen LogP contribution in [0.5, 0.6) is 0 Å². The number of imidazole rings is 1. The average Bonchev–Trinajstić information content (AvgIpc) is 2.73. The second-order valence-electron chi connectivity index (χ2n) is 4.11. The van der Waals surface area contributed by atoms with E-state index in [1.165, 1.54) is 5.56 Å². The Labute approximate surface area is 95.9 Å². The molecular formula is C13H17N3. The monoisotopic (exact) mass is 215 g/mol. The van der Waals surface area contributed by atoms with Crippen LogP contribution in [0.1, 0.15) is 24.1 Å². The summed E-state index contributed by atoms with van der Waals surface area (Å²) in [4.78, 5) is 7.38. The number of rotatable bonds is 4. The second-order valence-corrected chi connectivity index (χ2v) is 4.11. The van der Waals surface area contributed by atoms with E-state index in [9.17, 15) is 0 Å². The summed E-state index contributed by atoms with van der Waals surface area (Å²) in [5.41, 5.74) is 2.42. The van der Waals surface area contributed by atoms with Crippen LogP contribution in [-0.2, 0) is 0 Å². The lowest BCUT2D eigenvalue weighted by Gasteiger charge is -2.12. The van der Waals surface area contributed by atoms with Crippen molar-refractivity contribution in [3.63, 3.8) is 0 Å². The minimum atomic E-state index is 0.478. The fourth-order valence-corrected chi connectivity index (χ4v) is 1.65. The molecule has 0 aliphatic rings. The van der Waals surface area contributed by atoms with E-state index in [0.717, 1.165) is 18.2 Å². The van der Waals surface area contributed by atoms with Gasteiger partial charge in [0.05, 0.1) is 0 Å². The van der Waals surface area contributed by atoms with Crippen molar-refractivity contribution < 1.29 is 0 Å². The van der Waals surface area contributed by atoms with Gasteiger partial charge in [-0.15, -0.1) is 0 Å². The topological polar surface area (TPSA) is 40.7 Å². The highest BCUT2D eigenvalue weighted by Gasteiger charge is 2.05. The Balaban J connectivity index is 1.91. The van der Waals surface area contributed by atoms with E-state index in [2.05, 4.69) is 46.5 Å². The SMILES string of the molecule is Cc1cnc(NCC(C)c2ccccc2)[nH]1. The van der Waals surface area contributed by atoms with Crippen molar-refractivity contribution in [2.24, 2.45) is 0 Å². The number of anilines is 1. The van der Waals surface area contributed by atoms with Crippen molar-refractivity contribution in [1.82, 2.24) is 9.97 Å². The first kappa shape index (κ1) is 10.7. The molecule has 84 valence electrons. The fourth-order valence-electron chi connectivity index (χ4n) is 1.65. The van der Waals surface area contributed by atoms with Crippen LogP contribution in [0, 0.1) is 6.92 Å². The molecule has 2 rings (SSSR count). The van der Waals surface area contributed by atoms with Crippen LogP contribution in [0.2, 0.25) is 0 Å². The lowest BCUT2D eigenvalue weighted by molar-refractivity contribution is 0.798. The molecule has 1 aromatic carbocycles. The highest BCUT2D eigenvalue weighted by Crippen LogP contribution is 2.14. The number of hydrogen-bond donors (Lipinski definition) is 2. The summed E-state index contributed by atoms with van der Waals surface area (Å²) in [6.45, 7) is 5.09. The van der Waals surface area contributed by atoms with Crippen molar-refractivity contribution in [1.29, 1.82) is 0 Å². The molecule has 0 spiro atoms. The highest BCUT2D eigenvalue weighted by atomic mass is 15.1. The fraction of sp³-hybridized carbons (Fsp3) is 0.308. The molecule has 0 aliphatic heterocycles. The van der Waals surface area contributed by atoms with Crippen LogP contribution < -0.4 is 5.32 Å². The molecule has 0 bridgehead atoms. The highest BCUT2D eigenvalue weighted by molar-refractivity contribution is 5.28. The largest absolute Gasteiger partial charge is 0.355 e. The van der Waals surface area contributed by atoms with Crippen molar-refractivity contribution in [2.45, 2.75) is 19.8 Å². The Morgan fingerprint density at radius 1 is 1.31 bits per heavy atom. The summed E-state index contributed by atoms with van der Waals surface area (Å²) in [6.07, 6.45) is 1.83. The van der Waals surface area contributed by atoms with Crippen LogP contribution in [0.4, 0.5) is 5.95 Å². The summed E-state index contributed by atoms with van der Waals surface area (Å²) in [7, 11) is 0. The predicted molar refractivity (Wildman–Crippen MR) is 66.7 cm³/mol. The Bertz CT molecular complexity index is 433. The molecule has 0 fully saturated rings. The summed E-state index contributed by atoms with van der Waals surface area (Å²) in [5.74, 6) is 1.33. The minimum absolute atomic E-state index is 0.478. The van der Waals surface area contributed by atoms with Crippen LogP contribution in [-0.4, -0.2) is 16.5 Å². The Morgan fingerprint density at radius 2 is 2.06 bits per heavy atom. The van der Waals surface area contributed by atoms with Gasteiger partial charge < -0.3 is 10.3 Å². The van der Waals surface area contributed by atoms with Crippen LogP contribution in [0.25, 0.3) is 0 Å². The number of nitrogens with one attached hydrogen (secondary N) is 2. The molecular weight excluding hydrogens is 198 g/mol. The average molecular weight is 215 g/mol. The lowest BCUT2D eigenvalue weighted by Crippen LogP contribution is -2.10. The van der Waals surface area contributed by atoms with Crippen molar-refractivity contribution in [2.75, 3.05) is 11.9 Å². The van der Waals surface area contributed by atoms with E-state index in [4.69, 9.17) is 0 Å². The zero-order chi connectivity index (χ0) is 11.4. The lowest BCUT2D eigenvalue weighted by atomic mass is 10.0. The molecule has 16 heavy (non-hydrogen) atoms. The van der Waals surface area contributed by atoms with E-state index in [1.807, 2.05) is 19.2 Å². The molecule has 3 heteroatoms. The maximum atomic E-state index is 4.21. The number of H-pyrrole nitrogens is 1. The Kier molecular flexibility index (Phi) is 3.25. The smallest absolute Gasteiger partial charge is 0.200 e. The molecule has 0 aliphatic carbocycles. The summed E-state index contributed by atoms with van der Waals surface area (Å²) < 4.78 is 0. The Hall–Kier alpha value is -1.77. The normalized spacial score (nSPS) is 12.4. The van der Waals surface area contributed by atoms with Gasteiger partial charge in [-0.25, -0.2) is 4.98 Å². The second kappa shape index (κ2) is 4.84. The summed E-state index contributed by atoms with van der Waals surface area (Å²) in [5, 5.41) is 3.30. The van der Waals surface area contributed by atoms with E-state index in [1.54, 1.807) is 0 Å². The third-order valence-corrected chi connectivity index (χ3v) is 2.65. The van der Waals surface area contributed by atoms with Gasteiger partial charge in [0.15, 0.2) is 5.95 Å². The van der Waals surface area contributed by atoms with Gasteiger partial charge in [0.25, 0.3) is 0 Å². The van der Waals surface area contributed by atoms with Gasteiger partial charge in [0.2, 0.25) is 0 Å².